The lowest BCUT2D eigenvalue weighted by Crippen LogP contribution is -2.47. The molecule has 1 aromatic heterocycles. The second-order valence-corrected chi connectivity index (χ2v) is 8.65. The molecule has 0 spiro atoms. The number of thiazole rings is 1. The van der Waals surface area contributed by atoms with Gasteiger partial charge in [0, 0.05) is 43.4 Å². The van der Waals surface area contributed by atoms with Crippen molar-refractivity contribution in [2.45, 2.75) is 82.8 Å². The predicted molar refractivity (Wildman–Crippen MR) is 97.2 cm³/mol. The van der Waals surface area contributed by atoms with Crippen molar-refractivity contribution in [2.24, 2.45) is 0 Å². The van der Waals surface area contributed by atoms with Gasteiger partial charge in [0.1, 0.15) is 0 Å². The van der Waals surface area contributed by atoms with Crippen LogP contribution in [0.15, 0.2) is 5.38 Å². The molecule has 2 saturated heterocycles. The molecule has 0 N–H and O–H groups in total. The van der Waals surface area contributed by atoms with Gasteiger partial charge in [-0.3, -0.25) is 9.69 Å². The summed E-state index contributed by atoms with van der Waals surface area (Å²) in [4.78, 5) is 21.6. The highest BCUT2D eigenvalue weighted by Gasteiger charge is 2.38. The van der Waals surface area contributed by atoms with Crippen LogP contribution in [0.4, 0.5) is 0 Å². The Kier molecular flexibility index (Phi) is 4.90. The maximum atomic E-state index is 11.9. The fraction of sp³-hybridized carbons (Fsp3) is 0.789. The number of hydrogen-bond donors (Lipinski definition) is 0. The SMILES string of the molecule is CC(=O)N1CCC[C@@H]1[C@H]1CCCN1Cc1csc(C2CCCC2)n1. The molecule has 24 heavy (non-hydrogen) atoms. The molecule has 4 nitrogen and oxygen atoms in total. The number of likely N-dealkylation sites (tertiary alicyclic amines) is 2. The standard InChI is InChI=1S/C19H29N3OS/c1-14(23)22-11-5-9-18(22)17-8-4-10-21(17)12-16-13-24-19(20-16)15-6-2-3-7-15/h13,15,17-18H,2-12H2,1H3/t17-,18-/m1/s1. The molecule has 0 radical (unpaired) electrons. The molecule has 132 valence electrons. The summed E-state index contributed by atoms with van der Waals surface area (Å²) in [6, 6.07) is 0.964. The molecule has 0 bridgehead atoms. The van der Waals surface area contributed by atoms with E-state index in [1.54, 1.807) is 6.92 Å². The van der Waals surface area contributed by atoms with E-state index in [4.69, 9.17) is 4.98 Å². The molecular weight excluding hydrogens is 318 g/mol. The Hall–Kier alpha value is -0.940. The summed E-state index contributed by atoms with van der Waals surface area (Å²) >= 11 is 1.87. The summed E-state index contributed by atoms with van der Waals surface area (Å²) in [6.07, 6.45) is 10.2. The van der Waals surface area contributed by atoms with Crippen molar-refractivity contribution in [3.8, 4) is 0 Å². The maximum absolute atomic E-state index is 11.9. The minimum absolute atomic E-state index is 0.251. The van der Waals surface area contributed by atoms with E-state index in [-0.39, 0.29) is 5.91 Å². The van der Waals surface area contributed by atoms with Gasteiger partial charge in [0.05, 0.1) is 10.7 Å². The van der Waals surface area contributed by atoms with Crippen LogP contribution >= 0.6 is 11.3 Å². The third-order valence-electron chi connectivity index (χ3n) is 6.20. The van der Waals surface area contributed by atoms with E-state index in [1.807, 2.05) is 11.3 Å². The molecule has 3 aliphatic rings. The normalized spacial score (nSPS) is 29.0. The number of carbonyl (C=O) groups is 1. The molecule has 2 atom stereocenters. The van der Waals surface area contributed by atoms with E-state index < -0.39 is 0 Å². The number of carbonyl (C=O) groups excluding carboxylic acids is 1. The average molecular weight is 348 g/mol. The van der Waals surface area contributed by atoms with Gasteiger partial charge in [0.15, 0.2) is 0 Å². The Morgan fingerprint density at radius 1 is 1.12 bits per heavy atom. The highest BCUT2D eigenvalue weighted by Crippen LogP contribution is 2.36. The molecule has 1 amide bonds. The molecule has 3 heterocycles. The second-order valence-electron chi connectivity index (χ2n) is 7.76. The van der Waals surface area contributed by atoms with Gasteiger partial charge in [-0.15, -0.1) is 11.3 Å². The van der Waals surface area contributed by atoms with Gasteiger partial charge in [-0.2, -0.15) is 0 Å². The van der Waals surface area contributed by atoms with E-state index in [9.17, 15) is 4.79 Å². The smallest absolute Gasteiger partial charge is 0.219 e. The predicted octanol–water partition coefficient (Wildman–Crippen LogP) is 3.78. The zero-order valence-corrected chi connectivity index (χ0v) is 15.6. The van der Waals surface area contributed by atoms with Crippen molar-refractivity contribution in [1.82, 2.24) is 14.8 Å². The zero-order valence-electron chi connectivity index (χ0n) is 14.7. The summed E-state index contributed by atoms with van der Waals surface area (Å²) in [5.41, 5.74) is 1.25. The van der Waals surface area contributed by atoms with Crippen LogP contribution in [-0.4, -0.2) is 45.9 Å². The van der Waals surface area contributed by atoms with Crippen molar-refractivity contribution >= 4 is 17.2 Å². The Morgan fingerprint density at radius 3 is 2.67 bits per heavy atom. The van der Waals surface area contributed by atoms with Gasteiger partial charge in [0.2, 0.25) is 5.91 Å². The van der Waals surface area contributed by atoms with Gasteiger partial charge >= 0.3 is 0 Å². The summed E-state index contributed by atoms with van der Waals surface area (Å²) in [5.74, 6) is 0.975. The van der Waals surface area contributed by atoms with Crippen molar-refractivity contribution in [3.05, 3.63) is 16.1 Å². The van der Waals surface area contributed by atoms with E-state index in [0.717, 1.165) is 32.0 Å². The first-order valence-electron chi connectivity index (χ1n) is 9.68. The highest BCUT2D eigenvalue weighted by atomic mass is 32.1. The first-order chi connectivity index (χ1) is 11.7. The summed E-state index contributed by atoms with van der Waals surface area (Å²) < 4.78 is 0. The van der Waals surface area contributed by atoms with Crippen LogP contribution < -0.4 is 0 Å². The molecule has 4 rings (SSSR count). The van der Waals surface area contributed by atoms with Crippen LogP contribution in [0, 0.1) is 0 Å². The number of amides is 1. The van der Waals surface area contributed by atoms with Crippen LogP contribution in [0.3, 0.4) is 0 Å². The van der Waals surface area contributed by atoms with E-state index in [2.05, 4.69) is 15.2 Å². The van der Waals surface area contributed by atoms with Gasteiger partial charge in [-0.25, -0.2) is 4.98 Å². The van der Waals surface area contributed by atoms with Crippen molar-refractivity contribution < 1.29 is 4.79 Å². The first-order valence-corrected chi connectivity index (χ1v) is 10.6. The van der Waals surface area contributed by atoms with Gasteiger partial charge in [0.25, 0.3) is 0 Å². The number of rotatable bonds is 4. The Labute approximate surface area is 149 Å². The maximum Gasteiger partial charge on any atom is 0.219 e. The Balaban J connectivity index is 1.42. The van der Waals surface area contributed by atoms with E-state index in [0.29, 0.717) is 12.1 Å². The third-order valence-corrected chi connectivity index (χ3v) is 7.26. The minimum atomic E-state index is 0.251. The molecule has 3 fully saturated rings. The van der Waals surface area contributed by atoms with Crippen molar-refractivity contribution in [3.63, 3.8) is 0 Å². The van der Waals surface area contributed by atoms with Crippen LogP contribution in [0.25, 0.3) is 0 Å². The van der Waals surface area contributed by atoms with Crippen molar-refractivity contribution in [2.75, 3.05) is 13.1 Å². The van der Waals surface area contributed by atoms with Crippen LogP contribution in [0.5, 0.6) is 0 Å². The quantitative estimate of drug-likeness (QED) is 0.832. The lowest BCUT2D eigenvalue weighted by Gasteiger charge is -2.34. The Bertz CT molecular complexity index is 581. The third kappa shape index (κ3) is 3.25. The monoisotopic (exact) mass is 347 g/mol. The van der Waals surface area contributed by atoms with E-state index >= 15 is 0 Å². The van der Waals surface area contributed by atoms with Gasteiger partial charge < -0.3 is 4.90 Å². The minimum Gasteiger partial charge on any atom is -0.338 e. The van der Waals surface area contributed by atoms with Crippen LogP contribution in [-0.2, 0) is 11.3 Å². The van der Waals surface area contributed by atoms with Gasteiger partial charge in [-0.1, -0.05) is 12.8 Å². The van der Waals surface area contributed by atoms with Crippen molar-refractivity contribution in [1.29, 1.82) is 0 Å². The number of aromatic nitrogens is 1. The summed E-state index contributed by atoms with van der Waals surface area (Å²) in [6.45, 7) is 4.80. The fourth-order valence-electron chi connectivity index (χ4n) is 5.03. The molecule has 1 aliphatic carbocycles. The first kappa shape index (κ1) is 16.5. The molecule has 2 aliphatic heterocycles. The average Bonchev–Trinajstić information content (AvgIpc) is 3.35. The second kappa shape index (κ2) is 7.12. The summed E-state index contributed by atoms with van der Waals surface area (Å²) in [7, 11) is 0. The molecule has 0 aromatic carbocycles. The van der Waals surface area contributed by atoms with Crippen LogP contribution in [0.1, 0.15) is 74.9 Å². The lowest BCUT2D eigenvalue weighted by atomic mass is 10.0. The summed E-state index contributed by atoms with van der Waals surface area (Å²) in [5, 5.41) is 3.64. The van der Waals surface area contributed by atoms with E-state index in [1.165, 1.54) is 55.6 Å². The number of nitrogens with zero attached hydrogens (tertiary/aromatic N) is 3. The molecule has 0 unspecified atom stereocenters. The van der Waals surface area contributed by atoms with Gasteiger partial charge in [-0.05, 0) is 45.1 Å². The number of hydrogen-bond acceptors (Lipinski definition) is 4. The lowest BCUT2D eigenvalue weighted by molar-refractivity contribution is -0.130. The molecule has 1 saturated carbocycles. The molecule has 5 heteroatoms. The largest absolute Gasteiger partial charge is 0.338 e. The highest BCUT2D eigenvalue weighted by molar-refractivity contribution is 7.09. The molecular formula is C19H29N3OS. The fourth-order valence-corrected chi connectivity index (χ4v) is 6.01. The Morgan fingerprint density at radius 2 is 1.88 bits per heavy atom. The van der Waals surface area contributed by atoms with Crippen LogP contribution in [0.2, 0.25) is 0 Å². The zero-order chi connectivity index (χ0) is 16.5. The molecule has 1 aromatic rings. The topological polar surface area (TPSA) is 36.4 Å².